The number of aryl methyl sites for hydroxylation is 1. The lowest BCUT2D eigenvalue weighted by atomic mass is 10.1. The van der Waals surface area contributed by atoms with Crippen molar-refractivity contribution in [2.45, 2.75) is 32.7 Å². The number of benzene rings is 1. The maximum atomic E-state index is 12.3. The highest BCUT2D eigenvalue weighted by molar-refractivity contribution is 5.58. The van der Waals surface area contributed by atoms with Crippen LogP contribution < -0.4 is 5.56 Å². The zero-order valence-corrected chi connectivity index (χ0v) is 13.2. The van der Waals surface area contributed by atoms with Gasteiger partial charge in [-0.25, -0.2) is 4.68 Å². The molecular formula is C18H23N3O. The summed E-state index contributed by atoms with van der Waals surface area (Å²) in [7, 11) is 0. The van der Waals surface area contributed by atoms with Crippen molar-refractivity contribution in [1.29, 1.82) is 0 Å². The average Bonchev–Trinajstić information content (AvgIpc) is 2.58. The molecular weight excluding hydrogens is 274 g/mol. The molecule has 0 amide bonds. The second-order valence-corrected chi connectivity index (χ2v) is 6.01. The maximum absolute atomic E-state index is 12.3. The number of likely N-dealkylation sites (tertiary alicyclic amines) is 1. The van der Waals surface area contributed by atoms with E-state index in [1.807, 2.05) is 43.3 Å². The zero-order valence-electron chi connectivity index (χ0n) is 13.2. The third-order valence-electron chi connectivity index (χ3n) is 4.30. The van der Waals surface area contributed by atoms with Gasteiger partial charge in [-0.15, -0.1) is 0 Å². The fourth-order valence-electron chi connectivity index (χ4n) is 3.00. The smallest absolute Gasteiger partial charge is 0.269 e. The lowest BCUT2D eigenvalue weighted by Crippen LogP contribution is -2.36. The maximum Gasteiger partial charge on any atom is 0.269 e. The van der Waals surface area contributed by atoms with Crippen LogP contribution in [0, 0.1) is 6.92 Å². The highest BCUT2D eigenvalue weighted by Crippen LogP contribution is 2.15. The first-order valence-electron chi connectivity index (χ1n) is 8.10. The molecule has 0 unspecified atom stereocenters. The van der Waals surface area contributed by atoms with Crippen LogP contribution in [0.2, 0.25) is 0 Å². The molecule has 4 nitrogen and oxygen atoms in total. The largest absolute Gasteiger partial charge is 0.301 e. The number of rotatable bonds is 4. The normalized spacial score (nSPS) is 15.9. The molecule has 0 radical (unpaired) electrons. The molecule has 3 rings (SSSR count). The lowest BCUT2D eigenvalue weighted by molar-refractivity contribution is 0.216. The van der Waals surface area contributed by atoms with E-state index in [0.717, 1.165) is 36.5 Å². The molecule has 4 heteroatoms. The average molecular weight is 297 g/mol. The predicted molar refractivity (Wildman–Crippen MR) is 89.0 cm³/mol. The van der Waals surface area contributed by atoms with Crippen molar-refractivity contribution in [3.63, 3.8) is 0 Å². The summed E-state index contributed by atoms with van der Waals surface area (Å²) in [4.78, 5) is 14.7. The highest BCUT2D eigenvalue weighted by atomic mass is 16.1. The van der Waals surface area contributed by atoms with Gasteiger partial charge in [0, 0.05) is 17.7 Å². The number of aromatic nitrogens is 2. The van der Waals surface area contributed by atoms with E-state index < -0.39 is 0 Å². The SMILES string of the molecule is Cc1cc(-c2ccccc2)nn(CCN2CCCCC2)c1=O. The molecule has 116 valence electrons. The summed E-state index contributed by atoms with van der Waals surface area (Å²) in [6.07, 6.45) is 3.87. The van der Waals surface area contributed by atoms with Crippen molar-refractivity contribution in [2.75, 3.05) is 19.6 Å². The molecule has 1 aromatic carbocycles. The highest BCUT2D eigenvalue weighted by Gasteiger charge is 2.12. The molecule has 0 bridgehead atoms. The summed E-state index contributed by atoms with van der Waals surface area (Å²) >= 11 is 0. The van der Waals surface area contributed by atoms with E-state index in [1.54, 1.807) is 4.68 Å². The Balaban J connectivity index is 1.81. The fourth-order valence-corrected chi connectivity index (χ4v) is 3.00. The van der Waals surface area contributed by atoms with Crippen LogP contribution >= 0.6 is 0 Å². The summed E-state index contributed by atoms with van der Waals surface area (Å²) in [6, 6.07) is 11.9. The number of hydrogen-bond donors (Lipinski definition) is 0. The molecule has 2 heterocycles. The van der Waals surface area contributed by atoms with Crippen LogP contribution in [0.5, 0.6) is 0 Å². The second-order valence-electron chi connectivity index (χ2n) is 6.01. The van der Waals surface area contributed by atoms with Gasteiger partial charge in [-0.3, -0.25) is 4.79 Å². The monoisotopic (exact) mass is 297 g/mol. The van der Waals surface area contributed by atoms with Gasteiger partial charge in [0.15, 0.2) is 0 Å². The van der Waals surface area contributed by atoms with Crippen LogP contribution in [-0.4, -0.2) is 34.3 Å². The molecule has 0 aliphatic carbocycles. The van der Waals surface area contributed by atoms with E-state index in [9.17, 15) is 4.79 Å². The van der Waals surface area contributed by atoms with Gasteiger partial charge in [0.05, 0.1) is 12.2 Å². The standard InChI is InChI=1S/C18H23N3O/c1-15-14-17(16-8-4-2-5-9-16)19-21(18(15)22)13-12-20-10-6-3-7-11-20/h2,4-5,8-9,14H,3,6-7,10-13H2,1H3. The molecule has 1 aliphatic rings. The van der Waals surface area contributed by atoms with Crippen molar-refractivity contribution < 1.29 is 0 Å². The van der Waals surface area contributed by atoms with E-state index in [-0.39, 0.29) is 5.56 Å². The van der Waals surface area contributed by atoms with Gasteiger partial charge in [0.2, 0.25) is 0 Å². The molecule has 1 aromatic heterocycles. The van der Waals surface area contributed by atoms with Crippen molar-refractivity contribution in [2.24, 2.45) is 0 Å². The fraction of sp³-hybridized carbons (Fsp3) is 0.444. The summed E-state index contributed by atoms with van der Waals surface area (Å²) in [5.74, 6) is 0. The molecule has 0 atom stereocenters. The zero-order chi connectivity index (χ0) is 15.4. The number of hydrogen-bond acceptors (Lipinski definition) is 3. The Morgan fingerprint density at radius 1 is 1.05 bits per heavy atom. The molecule has 1 saturated heterocycles. The molecule has 1 fully saturated rings. The Morgan fingerprint density at radius 2 is 1.77 bits per heavy atom. The Labute approximate surface area is 131 Å². The number of nitrogens with zero attached hydrogens (tertiary/aromatic N) is 3. The second kappa shape index (κ2) is 6.88. The van der Waals surface area contributed by atoms with Gasteiger partial charge >= 0.3 is 0 Å². The Hall–Kier alpha value is -1.94. The summed E-state index contributed by atoms with van der Waals surface area (Å²) in [5, 5.41) is 4.57. The van der Waals surface area contributed by atoms with Crippen LogP contribution in [-0.2, 0) is 6.54 Å². The Morgan fingerprint density at radius 3 is 2.50 bits per heavy atom. The van der Waals surface area contributed by atoms with Crippen molar-refractivity contribution in [1.82, 2.24) is 14.7 Å². The van der Waals surface area contributed by atoms with Crippen LogP contribution in [0.3, 0.4) is 0 Å². The van der Waals surface area contributed by atoms with Crippen molar-refractivity contribution >= 4 is 0 Å². The van der Waals surface area contributed by atoms with Gasteiger partial charge in [-0.05, 0) is 38.9 Å². The van der Waals surface area contributed by atoms with Crippen molar-refractivity contribution in [3.8, 4) is 11.3 Å². The van der Waals surface area contributed by atoms with Crippen LogP contribution in [0.25, 0.3) is 11.3 Å². The van der Waals surface area contributed by atoms with E-state index in [2.05, 4.69) is 10.00 Å². The lowest BCUT2D eigenvalue weighted by Gasteiger charge is -2.26. The van der Waals surface area contributed by atoms with Gasteiger partial charge in [0.1, 0.15) is 0 Å². The minimum Gasteiger partial charge on any atom is -0.301 e. The molecule has 22 heavy (non-hydrogen) atoms. The third kappa shape index (κ3) is 3.45. The Bertz CT molecular complexity index is 672. The summed E-state index contributed by atoms with van der Waals surface area (Å²) in [5.41, 5.74) is 2.71. The molecule has 1 aliphatic heterocycles. The van der Waals surface area contributed by atoms with Crippen LogP contribution in [0.4, 0.5) is 0 Å². The third-order valence-corrected chi connectivity index (χ3v) is 4.30. The molecule has 0 saturated carbocycles. The number of piperidine rings is 1. The van der Waals surface area contributed by atoms with E-state index in [1.165, 1.54) is 19.3 Å². The Kier molecular flexibility index (Phi) is 4.68. The first kappa shape index (κ1) is 15.0. The van der Waals surface area contributed by atoms with Gasteiger partial charge in [-0.1, -0.05) is 36.8 Å². The molecule has 0 spiro atoms. The van der Waals surface area contributed by atoms with Gasteiger partial charge in [0.25, 0.3) is 5.56 Å². The minimum absolute atomic E-state index is 0.0247. The van der Waals surface area contributed by atoms with Gasteiger partial charge < -0.3 is 4.90 Å². The molecule has 2 aromatic rings. The van der Waals surface area contributed by atoms with E-state index in [4.69, 9.17) is 0 Å². The first-order valence-corrected chi connectivity index (χ1v) is 8.10. The quantitative estimate of drug-likeness (QED) is 0.871. The predicted octanol–water partition coefficient (Wildman–Crippen LogP) is 2.70. The summed E-state index contributed by atoms with van der Waals surface area (Å²) < 4.78 is 1.63. The van der Waals surface area contributed by atoms with Crippen LogP contribution in [0.15, 0.2) is 41.2 Å². The topological polar surface area (TPSA) is 38.1 Å². The van der Waals surface area contributed by atoms with E-state index >= 15 is 0 Å². The molecule has 0 N–H and O–H groups in total. The van der Waals surface area contributed by atoms with E-state index in [0.29, 0.717) is 6.54 Å². The van der Waals surface area contributed by atoms with Crippen molar-refractivity contribution in [3.05, 3.63) is 52.3 Å². The van der Waals surface area contributed by atoms with Gasteiger partial charge in [-0.2, -0.15) is 5.10 Å². The first-order chi connectivity index (χ1) is 10.7. The summed E-state index contributed by atoms with van der Waals surface area (Å²) in [6.45, 7) is 5.73. The van der Waals surface area contributed by atoms with Crippen LogP contribution in [0.1, 0.15) is 24.8 Å². The minimum atomic E-state index is 0.0247.